The smallest absolute Gasteiger partial charge is 0.325 e. The van der Waals surface area contributed by atoms with Gasteiger partial charge in [0.1, 0.15) is 42.3 Å². The van der Waals surface area contributed by atoms with Gasteiger partial charge in [-0.2, -0.15) is 0 Å². The van der Waals surface area contributed by atoms with Gasteiger partial charge in [-0.1, -0.05) is 0 Å². The molecule has 19 heteroatoms. The molecule has 0 saturated heterocycles. The van der Waals surface area contributed by atoms with Gasteiger partial charge < -0.3 is 58.3 Å². The van der Waals surface area contributed by atoms with Gasteiger partial charge in [-0.15, -0.1) is 0 Å². The molecule has 0 aromatic carbocycles. The molecule has 0 aromatic rings. The topological polar surface area (TPSA) is 307 Å². The van der Waals surface area contributed by atoms with Gasteiger partial charge in [0, 0.05) is 0 Å². The van der Waals surface area contributed by atoms with Crippen LogP contribution >= 0.6 is 0 Å². The second kappa shape index (κ2) is 18.2. The van der Waals surface area contributed by atoms with Gasteiger partial charge in [-0.25, -0.2) is 0 Å². The van der Waals surface area contributed by atoms with Crippen LogP contribution in [0.2, 0.25) is 0 Å². The number of rotatable bonds is 17. The van der Waals surface area contributed by atoms with Crippen LogP contribution in [0.4, 0.5) is 0 Å². The van der Waals surface area contributed by atoms with E-state index in [0.717, 1.165) is 0 Å². The van der Waals surface area contributed by atoms with Crippen molar-refractivity contribution in [2.24, 2.45) is 5.73 Å². The third-order valence-corrected chi connectivity index (χ3v) is 5.78. The lowest BCUT2D eigenvalue weighted by molar-refractivity contribution is -0.142. The number of aliphatic hydroxyl groups is 2. The number of nitrogens with one attached hydrogen (secondary N) is 7. The minimum atomic E-state index is -1.50. The number of amides is 7. The van der Waals surface area contributed by atoms with E-state index in [1.165, 1.54) is 41.5 Å². The number of hydrogen-bond donors (Lipinski definition) is 11. The molecule has 8 atom stereocenters. The van der Waals surface area contributed by atoms with Crippen LogP contribution in [0.5, 0.6) is 0 Å². The standard InChI is InChI=1S/C24H42N8O11/c1-9(25)17(35)31-15(7-33)22(40)29-12(4)20(38)27-10(2)18(36)26-11(3)19(37)28-13(5)21(39)32-16(8-34)23(41)30-14(6)24(42)43/h9-16,33-34H,7-8,25H2,1-6H3,(H,26,36)(H,27,38)(H,28,37)(H,29,40)(H,30,41)(H,31,35)(H,32,39)(H,42,43)/t9-,10-,11-,12-,13-,14-,15-,16-/m0/s1. The summed E-state index contributed by atoms with van der Waals surface area (Å²) >= 11 is 0. The van der Waals surface area contributed by atoms with Crippen molar-refractivity contribution in [1.82, 2.24) is 37.2 Å². The molecule has 7 amide bonds. The van der Waals surface area contributed by atoms with Crippen molar-refractivity contribution in [3.05, 3.63) is 0 Å². The van der Waals surface area contributed by atoms with Crippen LogP contribution in [-0.2, 0) is 38.4 Å². The lowest BCUT2D eigenvalue weighted by Gasteiger charge is -2.23. The Bertz CT molecular complexity index is 1050. The highest BCUT2D eigenvalue weighted by Crippen LogP contribution is 1.95. The number of carboxylic acids is 1. The monoisotopic (exact) mass is 618 g/mol. The molecule has 0 aromatic heterocycles. The largest absolute Gasteiger partial charge is 0.480 e. The van der Waals surface area contributed by atoms with Crippen molar-refractivity contribution in [2.75, 3.05) is 13.2 Å². The van der Waals surface area contributed by atoms with Crippen molar-refractivity contribution in [3.8, 4) is 0 Å². The maximum absolute atomic E-state index is 12.5. The second-order valence-electron chi connectivity index (χ2n) is 9.77. The van der Waals surface area contributed by atoms with Crippen molar-refractivity contribution in [3.63, 3.8) is 0 Å². The highest BCUT2D eigenvalue weighted by molar-refractivity contribution is 5.97. The van der Waals surface area contributed by atoms with E-state index in [0.29, 0.717) is 0 Å². The SMILES string of the molecule is C[C@H](N)C(=O)N[C@@H](CO)C(=O)N[C@@H](C)C(=O)N[C@@H](C)C(=O)N[C@@H](C)C(=O)N[C@@H](C)C(=O)N[C@@H](CO)C(=O)N[C@@H](C)C(=O)O. The van der Waals surface area contributed by atoms with Crippen molar-refractivity contribution < 1.29 is 53.7 Å². The van der Waals surface area contributed by atoms with E-state index in [4.69, 9.17) is 10.8 Å². The van der Waals surface area contributed by atoms with Crippen molar-refractivity contribution in [2.45, 2.75) is 89.9 Å². The molecule has 0 radical (unpaired) electrons. The number of aliphatic hydroxyl groups excluding tert-OH is 2. The average Bonchev–Trinajstić information content (AvgIpc) is 2.93. The van der Waals surface area contributed by atoms with Gasteiger partial charge in [0.2, 0.25) is 41.4 Å². The Balaban J connectivity index is 4.90. The maximum Gasteiger partial charge on any atom is 0.325 e. The molecule has 43 heavy (non-hydrogen) atoms. The lowest BCUT2D eigenvalue weighted by Crippen LogP contribution is -2.59. The predicted octanol–water partition coefficient (Wildman–Crippen LogP) is -6.10. The van der Waals surface area contributed by atoms with Crippen LogP contribution in [0.25, 0.3) is 0 Å². The molecule has 0 fully saturated rings. The van der Waals surface area contributed by atoms with E-state index in [1.54, 1.807) is 0 Å². The van der Waals surface area contributed by atoms with E-state index in [1.807, 2.05) is 0 Å². The minimum Gasteiger partial charge on any atom is -0.480 e. The summed E-state index contributed by atoms with van der Waals surface area (Å²) < 4.78 is 0. The Hall–Kier alpha value is -4.36. The summed E-state index contributed by atoms with van der Waals surface area (Å²) in [5.74, 6) is -7.17. The summed E-state index contributed by atoms with van der Waals surface area (Å²) in [7, 11) is 0. The number of hydrogen-bond acceptors (Lipinski definition) is 11. The summed E-state index contributed by atoms with van der Waals surface area (Å²) in [5.41, 5.74) is 5.41. The van der Waals surface area contributed by atoms with Crippen molar-refractivity contribution in [1.29, 1.82) is 0 Å². The Kier molecular flexibility index (Phi) is 16.4. The molecular weight excluding hydrogens is 576 g/mol. The van der Waals surface area contributed by atoms with E-state index in [2.05, 4.69) is 37.2 Å². The first-order valence-corrected chi connectivity index (χ1v) is 13.2. The first kappa shape index (κ1) is 38.6. The molecule has 0 rings (SSSR count). The average molecular weight is 619 g/mol. The highest BCUT2D eigenvalue weighted by Gasteiger charge is 2.29. The van der Waals surface area contributed by atoms with Gasteiger partial charge in [0.25, 0.3) is 0 Å². The second-order valence-corrected chi connectivity index (χ2v) is 9.77. The molecule has 0 bridgehead atoms. The van der Waals surface area contributed by atoms with Gasteiger partial charge in [0.15, 0.2) is 0 Å². The first-order chi connectivity index (χ1) is 19.9. The van der Waals surface area contributed by atoms with Gasteiger partial charge in [-0.3, -0.25) is 38.4 Å². The van der Waals surface area contributed by atoms with Gasteiger partial charge >= 0.3 is 5.97 Å². The first-order valence-electron chi connectivity index (χ1n) is 13.2. The molecule has 244 valence electrons. The number of carbonyl (C=O) groups is 8. The van der Waals surface area contributed by atoms with E-state index >= 15 is 0 Å². The molecule has 0 saturated carbocycles. The molecular formula is C24H42N8O11. The zero-order valence-electron chi connectivity index (χ0n) is 24.7. The fourth-order valence-corrected chi connectivity index (χ4v) is 2.96. The molecule has 12 N–H and O–H groups in total. The van der Waals surface area contributed by atoms with Crippen LogP contribution in [-0.4, -0.2) is 124 Å². The van der Waals surface area contributed by atoms with Crippen LogP contribution < -0.4 is 43.0 Å². The van der Waals surface area contributed by atoms with Gasteiger partial charge in [0.05, 0.1) is 19.3 Å². The number of carboxylic acid groups (broad SMARTS) is 1. The fourth-order valence-electron chi connectivity index (χ4n) is 2.96. The van der Waals surface area contributed by atoms with Crippen molar-refractivity contribution >= 4 is 47.3 Å². The molecule has 0 heterocycles. The Morgan fingerprint density at radius 3 is 1.00 bits per heavy atom. The molecule has 0 aliphatic rings. The summed E-state index contributed by atoms with van der Waals surface area (Å²) in [5, 5.41) is 43.3. The third-order valence-electron chi connectivity index (χ3n) is 5.78. The fraction of sp³-hybridized carbons (Fsp3) is 0.667. The quantitative estimate of drug-likeness (QED) is 0.0726. The van der Waals surface area contributed by atoms with E-state index in [9.17, 15) is 48.6 Å². The van der Waals surface area contributed by atoms with Crippen LogP contribution in [0, 0.1) is 0 Å². The summed E-state index contributed by atoms with van der Waals surface area (Å²) in [6, 6.07) is -9.92. The highest BCUT2D eigenvalue weighted by atomic mass is 16.4. The van der Waals surface area contributed by atoms with E-state index < -0.39 is 109 Å². The molecule has 0 aliphatic heterocycles. The van der Waals surface area contributed by atoms with Crippen LogP contribution in [0.3, 0.4) is 0 Å². The van der Waals surface area contributed by atoms with Crippen LogP contribution in [0.15, 0.2) is 0 Å². The van der Waals surface area contributed by atoms with E-state index in [-0.39, 0.29) is 0 Å². The molecule has 0 spiro atoms. The lowest BCUT2D eigenvalue weighted by atomic mass is 10.2. The zero-order chi connectivity index (χ0) is 33.6. The number of nitrogens with two attached hydrogens (primary N) is 1. The predicted molar refractivity (Wildman–Crippen MR) is 147 cm³/mol. The Morgan fingerprint density at radius 1 is 0.465 bits per heavy atom. The van der Waals surface area contributed by atoms with Gasteiger partial charge in [-0.05, 0) is 41.5 Å². The maximum atomic E-state index is 12.5. The minimum absolute atomic E-state index is 0.700. The molecule has 0 unspecified atom stereocenters. The Morgan fingerprint density at radius 2 is 0.721 bits per heavy atom. The van der Waals surface area contributed by atoms with Crippen LogP contribution in [0.1, 0.15) is 41.5 Å². The molecule has 0 aliphatic carbocycles. The molecule has 19 nitrogen and oxygen atoms in total. The Labute approximate surface area is 247 Å². The third kappa shape index (κ3) is 13.4. The zero-order valence-corrected chi connectivity index (χ0v) is 24.7. The summed E-state index contributed by atoms with van der Waals surface area (Å²) in [4.78, 5) is 96.8. The number of carbonyl (C=O) groups excluding carboxylic acids is 7. The number of aliphatic carboxylic acids is 1. The summed E-state index contributed by atoms with van der Waals surface area (Å²) in [6.07, 6.45) is 0. The normalized spacial score (nSPS) is 16.3. The summed E-state index contributed by atoms with van der Waals surface area (Å²) in [6.45, 7) is 6.08.